The molecule has 1 aromatic rings. The number of carboxylic acid groups (broad SMARTS) is 1. The highest BCUT2D eigenvalue weighted by Crippen LogP contribution is 2.27. The molecule has 0 aromatic heterocycles. The van der Waals surface area contributed by atoms with E-state index in [2.05, 4.69) is 39.6 Å². The molecule has 1 saturated heterocycles. The Labute approximate surface area is 128 Å². The zero-order chi connectivity index (χ0) is 14.7. The van der Waals surface area contributed by atoms with Crippen molar-refractivity contribution in [2.75, 3.05) is 31.1 Å². The quantitative estimate of drug-likeness (QED) is 0.894. The van der Waals surface area contributed by atoms with Crippen LogP contribution in [0.2, 0.25) is 0 Å². The van der Waals surface area contributed by atoms with Gasteiger partial charge in [-0.05, 0) is 37.7 Å². The zero-order valence-corrected chi connectivity index (χ0v) is 13.6. The summed E-state index contributed by atoms with van der Waals surface area (Å²) in [5.41, 5.74) is 1.33. The minimum atomic E-state index is -0.882. The Morgan fingerprint density at radius 3 is 2.70 bits per heavy atom. The summed E-state index contributed by atoms with van der Waals surface area (Å²) < 4.78 is 0.818. The number of hydrogen-bond acceptors (Lipinski definition) is 3. The molecule has 2 rings (SSSR count). The zero-order valence-electron chi connectivity index (χ0n) is 12.0. The molecule has 1 aliphatic heterocycles. The number of likely N-dealkylation sites (N-methyl/N-ethyl adjacent to an activating group) is 1. The molecule has 1 N–H and O–H groups in total. The van der Waals surface area contributed by atoms with Crippen molar-refractivity contribution < 1.29 is 9.90 Å². The molecule has 1 fully saturated rings. The van der Waals surface area contributed by atoms with Gasteiger partial charge in [-0.2, -0.15) is 0 Å². The molecule has 1 atom stereocenters. The first-order valence-electron chi connectivity index (χ1n) is 7.08. The van der Waals surface area contributed by atoms with Crippen LogP contribution in [0.4, 0.5) is 5.69 Å². The maximum atomic E-state index is 11.1. The number of aromatic carboxylic acids is 1. The van der Waals surface area contributed by atoms with E-state index in [1.165, 1.54) is 0 Å². The molecule has 0 aliphatic carbocycles. The van der Waals surface area contributed by atoms with E-state index in [-0.39, 0.29) is 0 Å². The Hall–Kier alpha value is -1.07. The summed E-state index contributed by atoms with van der Waals surface area (Å²) in [5, 5.41) is 9.15. The first kappa shape index (κ1) is 15.3. The fourth-order valence-corrected chi connectivity index (χ4v) is 3.38. The fourth-order valence-electron chi connectivity index (χ4n) is 2.89. The SMILES string of the molecule is CCN(CC)C1CCN(c2cc(Br)cc(C(=O)O)c2)C1. The molecule has 20 heavy (non-hydrogen) atoms. The van der Waals surface area contributed by atoms with Crippen LogP contribution in [0, 0.1) is 0 Å². The lowest BCUT2D eigenvalue weighted by Crippen LogP contribution is -2.37. The summed E-state index contributed by atoms with van der Waals surface area (Å²) in [4.78, 5) is 15.9. The Kier molecular flexibility index (Phi) is 5.05. The second kappa shape index (κ2) is 6.59. The van der Waals surface area contributed by atoms with Crippen molar-refractivity contribution in [3.63, 3.8) is 0 Å². The molecule has 110 valence electrons. The lowest BCUT2D eigenvalue weighted by molar-refractivity contribution is 0.0697. The van der Waals surface area contributed by atoms with E-state index < -0.39 is 5.97 Å². The normalized spacial score (nSPS) is 18.8. The second-order valence-electron chi connectivity index (χ2n) is 5.11. The van der Waals surface area contributed by atoms with Crippen LogP contribution in [0.5, 0.6) is 0 Å². The minimum Gasteiger partial charge on any atom is -0.478 e. The van der Waals surface area contributed by atoms with Crippen LogP contribution in [0.3, 0.4) is 0 Å². The lowest BCUT2D eigenvalue weighted by Gasteiger charge is -2.26. The molecular weight excluding hydrogens is 320 g/mol. The molecule has 1 aromatic carbocycles. The van der Waals surface area contributed by atoms with E-state index in [0.29, 0.717) is 11.6 Å². The Balaban J connectivity index is 2.15. The van der Waals surface area contributed by atoms with Gasteiger partial charge >= 0.3 is 5.97 Å². The third-order valence-corrected chi connectivity index (χ3v) is 4.44. The maximum Gasteiger partial charge on any atom is 0.335 e. The number of benzene rings is 1. The smallest absolute Gasteiger partial charge is 0.335 e. The number of rotatable bonds is 5. The van der Waals surface area contributed by atoms with Gasteiger partial charge in [-0.15, -0.1) is 0 Å². The Morgan fingerprint density at radius 1 is 1.40 bits per heavy atom. The van der Waals surface area contributed by atoms with Crippen LogP contribution < -0.4 is 4.90 Å². The molecule has 0 saturated carbocycles. The van der Waals surface area contributed by atoms with Gasteiger partial charge in [0.25, 0.3) is 0 Å². The fraction of sp³-hybridized carbons (Fsp3) is 0.533. The molecule has 1 unspecified atom stereocenters. The first-order valence-corrected chi connectivity index (χ1v) is 7.87. The van der Waals surface area contributed by atoms with E-state index in [1.807, 2.05) is 6.07 Å². The van der Waals surface area contributed by atoms with Crippen molar-refractivity contribution in [1.82, 2.24) is 4.90 Å². The van der Waals surface area contributed by atoms with Crippen LogP contribution in [0.15, 0.2) is 22.7 Å². The first-order chi connectivity index (χ1) is 9.55. The Bertz CT molecular complexity index is 489. The highest BCUT2D eigenvalue weighted by atomic mass is 79.9. The third kappa shape index (κ3) is 3.33. The number of carbonyl (C=O) groups is 1. The van der Waals surface area contributed by atoms with Crippen LogP contribution in [-0.2, 0) is 0 Å². The van der Waals surface area contributed by atoms with Crippen molar-refractivity contribution in [2.24, 2.45) is 0 Å². The van der Waals surface area contributed by atoms with Crippen molar-refractivity contribution in [1.29, 1.82) is 0 Å². The topological polar surface area (TPSA) is 43.8 Å². The van der Waals surface area contributed by atoms with E-state index in [9.17, 15) is 4.79 Å². The van der Waals surface area contributed by atoms with Crippen molar-refractivity contribution in [2.45, 2.75) is 26.3 Å². The van der Waals surface area contributed by atoms with Crippen molar-refractivity contribution in [3.05, 3.63) is 28.2 Å². The maximum absolute atomic E-state index is 11.1. The molecule has 0 spiro atoms. The number of carboxylic acids is 1. The number of nitrogens with zero attached hydrogens (tertiary/aromatic N) is 2. The summed E-state index contributed by atoms with van der Waals surface area (Å²) in [6.45, 7) is 8.46. The standard InChI is InChI=1S/C15H21BrN2O2/c1-3-17(4-2)13-5-6-18(10-13)14-8-11(15(19)20)7-12(16)9-14/h7-9,13H,3-6,10H2,1-2H3,(H,19,20). The third-order valence-electron chi connectivity index (χ3n) is 3.99. The predicted molar refractivity (Wildman–Crippen MR) is 84.6 cm³/mol. The monoisotopic (exact) mass is 340 g/mol. The van der Waals surface area contributed by atoms with E-state index in [4.69, 9.17) is 5.11 Å². The van der Waals surface area contributed by atoms with E-state index in [0.717, 1.165) is 42.8 Å². The van der Waals surface area contributed by atoms with Gasteiger partial charge in [-0.25, -0.2) is 4.79 Å². The summed E-state index contributed by atoms with van der Waals surface area (Å²) in [6.07, 6.45) is 1.14. The van der Waals surface area contributed by atoms with Gasteiger partial charge in [0.15, 0.2) is 0 Å². The van der Waals surface area contributed by atoms with Gasteiger partial charge in [-0.1, -0.05) is 29.8 Å². The van der Waals surface area contributed by atoms with E-state index >= 15 is 0 Å². The van der Waals surface area contributed by atoms with Gasteiger partial charge < -0.3 is 10.0 Å². The average Bonchev–Trinajstić information content (AvgIpc) is 2.89. The molecule has 4 nitrogen and oxygen atoms in total. The molecule has 1 aliphatic rings. The van der Waals surface area contributed by atoms with Gasteiger partial charge in [0.2, 0.25) is 0 Å². The molecule has 1 heterocycles. The lowest BCUT2D eigenvalue weighted by atomic mass is 10.2. The molecular formula is C15H21BrN2O2. The molecule has 0 radical (unpaired) electrons. The van der Waals surface area contributed by atoms with Crippen LogP contribution in [0.25, 0.3) is 0 Å². The highest BCUT2D eigenvalue weighted by Gasteiger charge is 2.26. The van der Waals surface area contributed by atoms with Crippen molar-refractivity contribution >= 4 is 27.6 Å². The van der Waals surface area contributed by atoms with Gasteiger partial charge in [-0.3, -0.25) is 4.90 Å². The summed E-state index contributed by atoms with van der Waals surface area (Å²) >= 11 is 3.40. The number of halogens is 1. The second-order valence-corrected chi connectivity index (χ2v) is 6.03. The Morgan fingerprint density at radius 2 is 2.10 bits per heavy atom. The molecule has 5 heteroatoms. The van der Waals surface area contributed by atoms with Gasteiger partial charge in [0, 0.05) is 29.3 Å². The minimum absolute atomic E-state index is 0.334. The summed E-state index contributed by atoms with van der Waals surface area (Å²) in [6, 6.07) is 5.97. The van der Waals surface area contributed by atoms with Crippen LogP contribution in [-0.4, -0.2) is 48.2 Å². The van der Waals surface area contributed by atoms with Crippen LogP contribution in [0.1, 0.15) is 30.6 Å². The van der Waals surface area contributed by atoms with Gasteiger partial charge in [0.1, 0.15) is 0 Å². The highest BCUT2D eigenvalue weighted by molar-refractivity contribution is 9.10. The van der Waals surface area contributed by atoms with Crippen molar-refractivity contribution in [3.8, 4) is 0 Å². The molecule has 0 amide bonds. The largest absolute Gasteiger partial charge is 0.478 e. The summed E-state index contributed by atoms with van der Waals surface area (Å²) in [7, 11) is 0. The van der Waals surface area contributed by atoms with E-state index in [1.54, 1.807) is 12.1 Å². The predicted octanol–water partition coefficient (Wildman–Crippen LogP) is 3.07. The molecule has 0 bridgehead atoms. The number of hydrogen-bond donors (Lipinski definition) is 1. The summed E-state index contributed by atoms with van der Waals surface area (Å²) in [5.74, 6) is -0.882. The van der Waals surface area contributed by atoms with Crippen LogP contribution >= 0.6 is 15.9 Å². The number of anilines is 1. The van der Waals surface area contributed by atoms with Gasteiger partial charge in [0.05, 0.1) is 5.56 Å². The average molecular weight is 341 g/mol.